The second kappa shape index (κ2) is 9.93. The van der Waals surface area contributed by atoms with Gasteiger partial charge in [0.15, 0.2) is 11.5 Å². The highest BCUT2D eigenvalue weighted by Gasteiger charge is 2.10. The molecule has 7 nitrogen and oxygen atoms in total. The van der Waals surface area contributed by atoms with Crippen molar-refractivity contribution in [2.24, 2.45) is 0 Å². The van der Waals surface area contributed by atoms with E-state index in [2.05, 4.69) is 15.2 Å². The minimum atomic E-state index is -1.34. The van der Waals surface area contributed by atoms with Crippen molar-refractivity contribution in [1.29, 1.82) is 0 Å². The maximum Gasteiger partial charge on any atom is 0.213 e. The van der Waals surface area contributed by atoms with Gasteiger partial charge < -0.3 is 19.4 Å². The van der Waals surface area contributed by atoms with Crippen LogP contribution in [-0.2, 0) is 11.4 Å². The first-order valence-electron chi connectivity index (χ1n) is 9.08. The number of rotatable bonds is 9. The summed E-state index contributed by atoms with van der Waals surface area (Å²) in [5, 5.41) is 18.4. The van der Waals surface area contributed by atoms with Crippen molar-refractivity contribution in [1.82, 2.24) is 15.2 Å². The number of hydrogen-bond donors (Lipinski definition) is 1. The molecule has 9 heteroatoms. The zero-order valence-electron chi connectivity index (χ0n) is 16.3. The highest BCUT2D eigenvalue weighted by Crippen LogP contribution is 2.32. The fourth-order valence-electron chi connectivity index (χ4n) is 2.49. The molecule has 0 fully saturated rings. The van der Waals surface area contributed by atoms with Gasteiger partial charge in [-0.25, -0.2) is 9.37 Å². The number of aromatic amines is 1. The molecule has 0 unspecified atom stereocenters. The molecular weight excluding hydrogens is 409 g/mol. The predicted octanol–water partition coefficient (Wildman–Crippen LogP) is 3.11. The second-order valence-electron chi connectivity index (χ2n) is 6.16. The van der Waals surface area contributed by atoms with E-state index in [1.807, 2.05) is 6.92 Å². The molecule has 0 saturated heterocycles. The number of nitrogens with one attached hydrogen (secondary N) is 1. The summed E-state index contributed by atoms with van der Waals surface area (Å²) in [7, 11) is 0. The predicted molar refractivity (Wildman–Crippen MR) is 108 cm³/mol. The van der Waals surface area contributed by atoms with E-state index >= 15 is 0 Å². The van der Waals surface area contributed by atoms with Gasteiger partial charge >= 0.3 is 0 Å². The fraction of sp³-hybridized carbons (Fsp3) is 0.190. The summed E-state index contributed by atoms with van der Waals surface area (Å²) < 4.78 is 24.5. The van der Waals surface area contributed by atoms with Crippen molar-refractivity contribution >= 4 is 23.8 Å². The average molecular weight is 428 g/mol. The van der Waals surface area contributed by atoms with E-state index in [-0.39, 0.29) is 22.5 Å². The minimum absolute atomic E-state index is 0.0450. The smallest absolute Gasteiger partial charge is 0.213 e. The Balaban J connectivity index is 1.80. The monoisotopic (exact) mass is 428 g/mol. The largest absolute Gasteiger partial charge is 0.544 e. The molecule has 1 aromatic heterocycles. The number of nitrogens with zero attached hydrogens (tertiary/aromatic N) is 2. The lowest BCUT2D eigenvalue weighted by Crippen LogP contribution is -2.23. The van der Waals surface area contributed by atoms with E-state index in [4.69, 9.17) is 9.47 Å². The van der Waals surface area contributed by atoms with Gasteiger partial charge in [-0.15, -0.1) is 5.10 Å². The second-order valence-corrected chi connectivity index (χ2v) is 7.16. The lowest BCUT2D eigenvalue weighted by atomic mass is 10.2. The number of ether oxygens (including phenoxy) is 2. The van der Waals surface area contributed by atoms with Crippen molar-refractivity contribution in [3.8, 4) is 11.5 Å². The summed E-state index contributed by atoms with van der Waals surface area (Å²) in [6, 6.07) is 11.1. The zero-order chi connectivity index (χ0) is 21.5. The van der Waals surface area contributed by atoms with Gasteiger partial charge in [0.25, 0.3) is 0 Å². The maximum atomic E-state index is 13.0. The van der Waals surface area contributed by atoms with Crippen LogP contribution in [0.4, 0.5) is 4.39 Å². The zero-order valence-corrected chi connectivity index (χ0v) is 17.2. The Morgan fingerprint density at radius 2 is 1.97 bits per heavy atom. The van der Waals surface area contributed by atoms with Gasteiger partial charge in [0.2, 0.25) is 5.16 Å². The van der Waals surface area contributed by atoms with Crippen LogP contribution < -0.4 is 14.6 Å². The van der Waals surface area contributed by atoms with Gasteiger partial charge in [0, 0.05) is 4.91 Å². The quantitative estimate of drug-likeness (QED) is 0.413. The topological polar surface area (TPSA) is 100 Å². The van der Waals surface area contributed by atoms with E-state index in [9.17, 15) is 14.3 Å². The Morgan fingerprint density at radius 1 is 1.20 bits per heavy atom. The van der Waals surface area contributed by atoms with Crippen molar-refractivity contribution < 1.29 is 23.8 Å². The normalized spacial score (nSPS) is 11.4. The Bertz CT molecular complexity index is 1050. The van der Waals surface area contributed by atoms with Gasteiger partial charge in [0.05, 0.1) is 12.6 Å². The molecule has 1 heterocycles. The third kappa shape index (κ3) is 5.84. The fourth-order valence-corrected chi connectivity index (χ4v) is 3.24. The van der Waals surface area contributed by atoms with Gasteiger partial charge in [-0.1, -0.05) is 18.2 Å². The Labute approximate surface area is 176 Å². The van der Waals surface area contributed by atoms with Crippen LogP contribution in [0, 0.1) is 12.7 Å². The molecule has 0 aliphatic rings. The Morgan fingerprint density at radius 3 is 2.60 bits per heavy atom. The number of aliphatic carboxylic acids is 1. The van der Waals surface area contributed by atoms with E-state index in [0.29, 0.717) is 29.5 Å². The molecule has 1 N–H and O–H groups in total. The summed E-state index contributed by atoms with van der Waals surface area (Å²) in [4.78, 5) is 15.6. The molecule has 0 atom stereocenters. The molecule has 2 aromatic carbocycles. The molecule has 0 aliphatic heterocycles. The lowest BCUT2D eigenvalue weighted by Gasteiger charge is -2.13. The molecule has 156 valence electrons. The number of carbonyl (C=O) groups is 1. The van der Waals surface area contributed by atoms with Crippen LogP contribution in [0.1, 0.15) is 23.9 Å². The van der Waals surface area contributed by atoms with Gasteiger partial charge in [0.1, 0.15) is 18.2 Å². The number of carboxylic acid groups (broad SMARTS) is 1. The van der Waals surface area contributed by atoms with Crippen molar-refractivity contribution in [3.05, 3.63) is 70.1 Å². The number of aryl methyl sites for hydroxylation is 1. The SMILES string of the molecule is CCOc1cc(/C=C(\Sc2n[nH]c(C)n2)C(=O)[O-])ccc1OCc1ccc(F)cc1. The highest BCUT2D eigenvalue weighted by atomic mass is 32.2. The number of hydrogen-bond acceptors (Lipinski definition) is 7. The summed E-state index contributed by atoms with van der Waals surface area (Å²) in [5.74, 6) is -0.115. The number of aromatic nitrogens is 3. The number of thioether (sulfide) groups is 1. The molecular formula is C21H19FN3O4S-. The van der Waals surface area contributed by atoms with Gasteiger partial charge in [-0.3, -0.25) is 5.10 Å². The maximum absolute atomic E-state index is 13.0. The van der Waals surface area contributed by atoms with Crippen molar-refractivity contribution in [2.75, 3.05) is 6.61 Å². The molecule has 0 radical (unpaired) electrons. The Kier molecular flexibility index (Phi) is 7.08. The molecule has 0 saturated carbocycles. The van der Waals surface area contributed by atoms with Crippen LogP contribution in [-0.4, -0.2) is 27.8 Å². The summed E-state index contributed by atoms with van der Waals surface area (Å²) >= 11 is 0.887. The number of carbonyl (C=O) groups excluding carboxylic acids is 1. The molecule has 0 spiro atoms. The van der Waals surface area contributed by atoms with E-state index in [0.717, 1.165) is 17.3 Å². The van der Waals surface area contributed by atoms with Crippen molar-refractivity contribution in [3.63, 3.8) is 0 Å². The van der Waals surface area contributed by atoms with Crippen LogP contribution in [0.3, 0.4) is 0 Å². The lowest BCUT2D eigenvalue weighted by molar-refractivity contribution is -0.298. The molecule has 30 heavy (non-hydrogen) atoms. The third-order valence-corrected chi connectivity index (χ3v) is 4.72. The Hall–Kier alpha value is -3.33. The average Bonchev–Trinajstić information content (AvgIpc) is 3.13. The van der Waals surface area contributed by atoms with Gasteiger partial charge in [-0.05, 0) is 67.1 Å². The molecule has 0 amide bonds. The van der Waals surface area contributed by atoms with Crippen molar-refractivity contribution in [2.45, 2.75) is 25.6 Å². The summed E-state index contributed by atoms with van der Waals surface area (Å²) in [6.07, 6.45) is 1.46. The molecule has 0 bridgehead atoms. The minimum Gasteiger partial charge on any atom is -0.544 e. The number of H-pyrrole nitrogens is 1. The van der Waals surface area contributed by atoms with E-state index in [1.54, 1.807) is 37.3 Å². The van der Waals surface area contributed by atoms with E-state index in [1.165, 1.54) is 18.2 Å². The van der Waals surface area contributed by atoms with Crippen LogP contribution in [0.25, 0.3) is 6.08 Å². The highest BCUT2D eigenvalue weighted by molar-refractivity contribution is 8.04. The first kappa shape index (κ1) is 21.4. The summed E-state index contributed by atoms with van der Waals surface area (Å²) in [5.41, 5.74) is 1.40. The number of halogens is 1. The first-order valence-corrected chi connectivity index (χ1v) is 9.90. The van der Waals surface area contributed by atoms with Crippen LogP contribution in [0.5, 0.6) is 11.5 Å². The van der Waals surface area contributed by atoms with Gasteiger partial charge in [-0.2, -0.15) is 0 Å². The standard InChI is InChI=1S/C21H20FN3O4S/c1-3-28-18-10-15(11-19(20(26)27)30-21-23-13(2)24-25-21)6-9-17(18)29-12-14-4-7-16(22)8-5-14/h4-11H,3,12H2,1-2H3,(H,26,27)(H,23,24,25)/p-1/b19-11-. The molecule has 0 aliphatic carbocycles. The molecule has 3 rings (SSSR count). The third-order valence-electron chi connectivity index (χ3n) is 3.85. The number of carboxylic acids is 1. The van der Waals surface area contributed by atoms with Crippen LogP contribution >= 0.6 is 11.8 Å². The first-order chi connectivity index (χ1) is 14.4. The van der Waals surface area contributed by atoms with E-state index < -0.39 is 5.97 Å². The molecule has 3 aromatic rings. The van der Waals surface area contributed by atoms with Crippen LogP contribution in [0.2, 0.25) is 0 Å². The summed E-state index contributed by atoms with van der Waals surface area (Å²) in [6.45, 7) is 4.19. The number of benzene rings is 2. The van der Waals surface area contributed by atoms with Crippen LogP contribution in [0.15, 0.2) is 52.5 Å².